The van der Waals surface area contributed by atoms with E-state index in [9.17, 15) is 0 Å². The van der Waals surface area contributed by atoms with Crippen molar-refractivity contribution in [2.45, 2.75) is 13.0 Å². The Balaban J connectivity index is 2.69. The summed E-state index contributed by atoms with van der Waals surface area (Å²) in [6.45, 7) is 1.70. The molecule has 1 rings (SSSR count). The van der Waals surface area contributed by atoms with Crippen LogP contribution in [0.4, 0.5) is 0 Å². The van der Waals surface area contributed by atoms with Gasteiger partial charge in [0.05, 0.1) is 0 Å². The Kier molecular flexibility index (Phi) is 3.76. The van der Waals surface area contributed by atoms with E-state index < -0.39 is 6.10 Å². The van der Waals surface area contributed by atoms with Gasteiger partial charge in [-0.1, -0.05) is 27.2 Å². The molecule has 0 aliphatic rings. The predicted molar refractivity (Wildman–Crippen MR) is 57.6 cm³/mol. The molecular formula is C9H11BrN2O2. The van der Waals surface area contributed by atoms with Gasteiger partial charge in [0.2, 0.25) is 0 Å². The van der Waals surface area contributed by atoms with Crippen LogP contribution in [0, 0.1) is 0 Å². The van der Waals surface area contributed by atoms with E-state index in [1.54, 1.807) is 19.1 Å². The first-order valence-corrected chi connectivity index (χ1v) is 4.82. The van der Waals surface area contributed by atoms with Gasteiger partial charge in [-0.05, 0) is 25.1 Å². The summed E-state index contributed by atoms with van der Waals surface area (Å²) in [6.07, 6.45) is -0.450. The Morgan fingerprint density at radius 2 is 2.36 bits per heavy atom. The highest BCUT2D eigenvalue weighted by atomic mass is 79.9. The molecule has 76 valence electrons. The molecule has 1 aromatic rings. The summed E-state index contributed by atoms with van der Waals surface area (Å²) in [5, 5.41) is 11.3. The van der Waals surface area contributed by atoms with Crippen molar-refractivity contribution < 1.29 is 9.94 Å². The monoisotopic (exact) mass is 258 g/mol. The lowest BCUT2D eigenvalue weighted by Crippen LogP contribution is -2.31. The van der Waals surface area contributed by atoms with Gasteiger partial charge in [0, 0.05) is 4.47 Å². The molecule has 14 heavy (non-hydrogen) atoms. The number of amidine groups is 1. The van der Waals surface area contributed by atoms with Crippen LogP contribution in [0.15, 0.2) is 33.9 Å². The van der Waals surface area contributed by atoms with Crippen molar-refractivity contribution in [3.8, 4) is 5.75 Å². The molecule has 0 radical (unpaired) electrons. The van der Waals surface area contributed by atoms with Crippen LogP contribution in [0.5, 0.6) is 5.75 Å². The van der Waals surface area contributed by atoms with Gasteiger partial charge in [-0.25, -0.2) is 0 Å². The Morgan fingerprint density at radius 1 is 1.64 bits per heavy atom. The lowest BCUT2D eigenvalue weighted by atomic mass is 10.3. The molecule has 0 amide bonds. The highest BCUT2D eigenvalue weighted by Crippen LogP contribution is 2.18. The third-order valence-electron chi connectivity index (χ3n) is 1.64. The molecule has 1 atom stereocenters. The van der Waals surface area contributed by atoms with Gasteiger partial charge in [0.15, 0.2) is 11.9 Å². The first kappa shape index (κ1) is 10.8. The third kappa shape index (κ3) is 2.92. The average molecular weight is 259 g/mol. The van der Waals surface area contributed by atoms with Gasteiger partial charge in [0.1, 0.15) is 5.75 Å². The third-order valence-corrected chi connectivity index (χ3v) is 2.13. The number of hydrogen-bond acceptors (Lipinski definition) is 3. The summed E-state index contributed by atoms with van der Waals surface area (Å²) >= 11 is 3.32. The van der Waals surface area contributed by atoms with Crippen molar-refractivity contribution in [2.24, 2.45) is 10.9 Å². The van der Waals surface area contributed by atoms with E-state index >= 15 is 0 Å². The molecule has 0 spiro atoms. The molecule has 0 fully saturated rings. The van der Waals surface area contributed by atoms with Crippen molar-refractivity contribution in [1.82, 2.24) is 0 Å². The lowest BCUT2D eigenvalue weighted by molar-refractivity contribution is 0.265. The fourth-order valence-corrected chi connectivity index (χ4v) is 1.26. The number of ether oxygens (including phenoxy) is 1. The van der Waals surface area contributed by atoms with Crippen LogP contribution in [0.2, 0.25) is 0 Å². The van der Waals surface area contributed by atoms with Crippen LogP contribution in [-0.2, 0) is 0 Å². The molecule has 0 bridgehead atoms. The zero-order valence-electron chi connectivity index (χ0n) is 7.64. The van der Waals surface area contributed by atoms with Crippen LogP contribution < -0.4 is 10.5 Å². The quantitative estimate of drug-likeness (QED) is 0.377. The average Bonchev–Trinajstić information content (AvgIpc) is 2.16. The number of rotatable bonds is 3. The fraction of sp³-hybridized carbons (Fsp3) is 0.222. The summed E-state index contributed by atoms with van der Waals surface area (Å²) in [5.74, 6) is 0.712. The summed E-state index contributed by atoms with van der Waals surface area (Å²) in [4.78, 5) is 0. The van der Waals surface area contributed by atoms with E-state index in [0.717, 1.165) is 4.47 Å². The molecule has 4 nitrogen and oxygen atoms in total. The second-order valence-corrected chi connectivity index (χ2v) is 3.66. The summed E-state index contributed by atoms with van der Waals surface area (Å²) < 4.78 is 6.32. The van der Waals surface area contributed by atoms with E-state index in [0.29, 0.717) is 5.75 Å². The van der Waals surface area contributed by atoms with Crippen LogP contribution >= 0.6 is 15.9 Å². The van der Waals surface area contributed by atoms with E-state index in [1.807, 2.05) is 12.1 Å². The maximum absolute atomic E-state index is 8.41. The largest absolute Gasteiger partial charge is 0.483 e. The van der Waals surface area contributed by atoms with E-state index in [1.165, 1.54) is 0 Å². The Morgan fingerprint density at radius 3 is 2.93 bits per heavy atom. The maximum atomic E-state index is 8.41. The van der Waals surface area contributed by atoms with Crippen LogP contribution in [0.1, 0.15) is 6.92 Å². The first-order valence-electron chi connectivity index (χ1n) is 4.03. The topological polar surface area (TPSA) is 67.8 Å². The molecule has 0 saturated heterocycles. The van der Waals surface area contributed by atoms with Crippen LogP contribution in [0.3, 0.4) is 0 Å². The minimum Gasteiger partial charge on any atom is -0.483 e. The van der Waals surface area contributed by atoms with Gasteiger partial charge in [-0.2, -0.15) is 0 Å². The standard InChI is InChI=1S/C9H11BrN2O2/c1-6(9(11)12-13)14-8-4-2-3-7(10)5-8/h2-6,13H,1H3,(H2,11,12). The van der Waals surface area contributed by atoms with Crippen LogP contribution in [-0.4, -0.2) is 17.1 Å². The van der Waals surface area contributed by atoms with Crippen LogP contribution in [0.25, 0.3) is 0 Å². The molecular weight excluding hydrogens is 248 g/mol. The van der Waals surface area contributed by atoms with Gasteiger partial charge < -0.3 is 15.7 Å². The van der Waals surface area contributed by atoms with Gasteiger partial charge in [0.25, 0.3) is 0 Å². The zero-order valence-corrected chi connectivity index (χ0v) is 9.23. The number of halogens is 1. The normalized spacial score (nSPS) is 13.7. The number of nitrogens with zero attached hydrogens (tertiary/aromatic N) is 1. The Labute approximate surface area is 90.5 Å². The predicted octanol–water partition coefficient (Wildman–Crippen LogP) is 1.96. The van der Waals surface area contributed by atoms with Gasteiger partial charge >= 0.3 is 0 Å². The highest BCUT2D eigenvalue weighted by Gasteiger charge is 2.08. The van der Waals surface area contributed by atoms with E-state index in [2.05, 4.69) is 21.1 Å². The second-order valence-electron chi connectivity index (χ2n) is 2.74. The SMILES string of the molecule is CC(Oc1cccc(Br)c1)C(N)=NO. The number of benzene rings is 1. The fourth-order valence-electron chi connectivity index (χ4n) is 0.886. The van der Waals surface area contributed by atoms with Crippen molar-refractivity contribution in [1.29, 1.82) is 0 Å². The van der Waals surface area contributed by atoms with Crippen molar-refractivity contribution in [3.63, 3.8) is 0 Å². The minimum atomic E-state index is -0.450. The lowest BCUT2D eigenvalue weighted by Gasteiger charge is -2.12. The molecule has 1 unspecified atom stereocenters. The van der Waals surface area contributed by atoms with E-state index in [-0.39, 0.29) is 5.84 Å². The second kappa shape index (κ2) is 4.85. The molecule has 0 aliphatic carbocycles. The first-order chi connectivity index (χ1) is 6.63. The van der Waals surface area contributed by atoms with Gasteiger partial charge in [-0.15, -0.1) is 0 Å². The minimum absolute atomic E-state index is 0.0463. The molecule has 0 aliphatic heterocycles. The Bertz CT molecular complexity index is 341. The summed E-state index contributed by atoms with van der Waals surface area (Å²) in [5.41, 5.74) is 5.37. The summed E-state index contributed by atoms with van der Waals surface area (Å²) in [7, 11) is 0. The highest BCUT2D eigenvalue weighted by molar-refractivity contribution is 9.10. The molecule has 0 aromatic heterocycles. The van der Waals surface area contributed by atoms with E-state index in [4.69, 9.17) is 15.7 Å². The Hall–Kier alpha value is -1.23. The molecule has 0 heterocycles. The maximum Gasteiger partial charge on any atom is 0.180 e. The number of oxime groups is 1. The van der Waals surface area contributed by atoms with Crippen molar-refractivity contribution >= 4 is 21.8 Å². The summed E-state index contributed by atoms with van der Waals surface area (Å²) in [6, 6.07) is 7.34. The number of nitrogens with two attached hydrogens (primary N) is 1. The molecule has 5 heteroatoms. The molecule has 0 saturated carbocycles. The number of hydrogen-bond donors (Lipinski definition) is 2. The molecule has 1 aromatic carbocycles. The van der Waals surface area contributed by atoms with Crippen molar-refractivity contribution in [2.75, 3.05) is 0 Å². The van der Waals surface area contributed by atoms with Crippen molar-refractivity contribution in [3.05, 3.63) is 28.7 Å². The zero-order chi connectivity index (χ0) is 10.6. The molecule has 3 N–H and O–H groups in total. The smallest absolute Gasteiger partial charge is 0.180 e. The van der Waals surface area contributed by atoms with Gasteiger partial charge in [-0.3, -0.25) is 0 Å².